The lowest BCUT2D eigenvalue weighted by Crippen LogP contribution is -2.60. The van der Waals surface area contributed by atoms with Crippen molar-refractivity contribution in [1.29, 1.82) is 0 Å². The molecule has 0 spiro atoms. The predicted molar refractivity (Wildman–Crippen MR) is 96.5 cm³/mol. The highest BCUT2D eigenvalue weighted by atomic mass is 35.5. The third-order valence-corrected chi connectivity index (χ3v) is 6.21. The summed E-state index contributed by atoms with van der Waals surface area (Å²) in [5.74, 6) is 1.32. The number of rotatable bonds is 2. The Hall–Kier alpha value is -1.72. The van der Waals surface area contributed by atoms with Gasteiger partial charge in [0.25, 0.3) is 0 Å². The molecule has 25 heavy (non-hydrogen) atoms. The van der Waals surface area contributed by atoms with Crippen molar-refractivity contribution in [3.8, 4) is 11.5 Å². The largest absolute Gasteiger partial charge is 0.504 e. The van der Waals surface area contributed by atoms with Gasteiger partial charge in [0.1, 0.15) is 0 Å². The zero-order valence-electron chi connectivity index (χ0n) is 14.7. The van der Waals surface area contributed by atoms with Gasteiger partial charge in [-0.05, 0) is 44.1 Å². The van der Waals surface area contributed by atoms with Crippen molar-refractivity contribution in [2.75, 3.05) is 27.8 Å². The number of ether oxygens (including phenoxy) is 2. The highest BCUT2D eigenvalue weighted by Crippen LogP contribution is 2.57. The van der Waals surface area contributed by atoms with Gasteiger partial charge in [-0.1, -0.05) is 6.07 Å². The van der Waals surface area contributed by atoms with Crippen LogP contribution < -0.4 is 4.74 Å². The number of benzene rings is 1. The third-order valence-electron chi connectivity index (χ3n) is 6.21. The minimum atomic E-state index is -0.359. The van der Waals surface area contributed by atoms with Gasteiger partial charge in [-0.25, -0.2) is 0 Å². The molecular formula is C19H24ClNO4. The zero-order valence-corrected chi connectivity index (χ0v) is 15.6. The monoisotopic (exact) mass is 365 g/mol. The van der Waals surface area contributed by atoms with Crippen LogP contribution >= 0.6 is 12.4 Å². The van der Waals surface area contributed by atoms with Gasteiger partial charge < -0.3 is 19.5 Å². The van der Waals surface area contributed by atoms with Gasteiger partial charge in [-0.3, -0.25) is 4.79 Å². The molecule has 136 valence electrons. The summed E-state index contributed by atoms with van der Waals surface area (Å²) in [4.78, 5) is 15.0. The minimum absolute atomic E-state index is 0. The lowest BCUT2D eigenvalue weighted by Gasteiger charge is -2.56. The van der Waals surface area contributed by atoms with Gasteiger partial charge in [0, 0.05) is 29.4 Å². The number of allylic oxidation sites excluding steroid dienone is 1. The number of carbonyl (C=O) groups excluding carboxylic acids is 1. The number of piperidine rings is 1. The smallest absolute Gasteiger partial charge is 0.197 e. The molecule has 0 aromatic heterocycles. The number of ketones is 1. The standard InChI is InChI=1S/C19H23NO4.ClH/c1-20-7-6-19-10-14(21)16(24-3)9-12(19)13(20)8-11-4-5-15(23-2)18(22)17(11)19;/h4-5,9,12-13,22H,6-8,10H2,1-3H3;1H/t12-,13?,19?;/m1./s1. The Bertz CT molecular complexity index is 747. The normalized spacial score (nSPS) is 30.5. The zero-order chi connectivity index (χ0) is 17.1. The number of carbonyl (C=O) groups is 1. The van der Waals surface area contributed by atoms with Crippen LogP contribution in [0.25, 0.3) is 0 Å². The number of hydrogen-bond donors (Lipinski definition) is 1. The number of aromatic hydroxyl groups is 1. The Morgan fingerprint density at radius 2 is 2.04 bits per heavy atom. The number of phenolic OH excluding ortho intramolecular Hbond substituents is 1. The van der Waals surface area contributed by atoms with Gasteiger partial charge in [0.15, 0.2) is 23.0 Å². The van der Waals surface area contributed by atoms with Gasteiger partial charge in [0.2, 0.25) is 0 Å². The van der Waals surface area contributed by atoms with Crippen LogP contribution in [0.2, 0.25) is 0 Å². The maximum Gasteiger partial charge on any atom is 0.197 e. The van der Waals surface area contributed by atoms with E-state index in [-0.39, 0.29) is 35.3 Å². The van der Waals surface area contributed by atoms with Crippen LogP contribution in [0.4, 0.5) is 0 Å². The molecule has 0 saturated carbocycles. The quantitative estimate of drug-likeness (QED) is 0.872. The van der Waals surface area contributed by atoms with Crippen molar-refractivity contribution in [3.05, 3.63) is 35.1 Å². The molecule has 1 aliphatic heterocycles. The van der Waals surface area contributed by atoms with E-state index in [9.17, 15) is 9.90 Å². The first-order chi connectivity index (χ1) is 11.5. The van der Waals surface area contributed by atoms with E-state index >= 15 is 0 Å². The molecule has 6 heteroatoms. The van der Waals surface area contributed by atoms with E-state index in [1.54, 1.807) is 14.2 Å². The molecule has 5 nitrogen and oxygen atoms in total. The second-order valence-electron chi connectivity index (χ2n) is 7.17. The summed E-state index contributed by atoms with van der Waals surface area (Å²) in [6.45, 7) is 0.917. The van der Waals surface area contributed by atoms with Crippen LogP contribution in [0.3, 0.4) is 0 Å². The van der Waals surface area contributed by atoms with Crippen molar-refractivity contribution in [2.45, 2.75) is 30.7 Å². The fourth-order valence-electron chi connectivity index (χ4n) is 5.03. The number of fused-ring (bicyclic) bond motifs is 1. The number of nitrogens with zero attached hydrogens (tertiary/aromatic N) is 1. The van der Waals surface area contributed by atoms with Crippen molar-refractivity contribution in [1.82, 2.24) is 4.90 Å². The summed E-state index contributed by atoms with van der Waals surface area (Å²) in [7, 11) is 5.25. The molecule has 1 aromatic carbocycles. The molecule has 3 atom stereocenters. The summed E-state index contributed by atoms with van der Waals surface area (Å²) >= 11 is 0. The number of phenols is 1. The van der Waals surface area contributed by atoms with E-state index in [4.69, 9.17) is 9.47 Å². The van der Waals surface area contributed by atoms with Crippen LogP contribution in [0, 0.1) is 5.92 Å². The first-order valence-corrected chi connectivity index (χ1v) is 8.40. The lowest BCUT2D eigenvalue weighted by atomic mass is 9.53. The molecule has 2 aliphatic carbocycles. The summed E-state index contributed by atoms with van der Waals surface area (Å²) in [5.41, 5.74) is 1.68. The van der Waals surface area contributed by atoms with E-state index < -0.39 is 0 Å². The Kier molecular flexibility index (Phi) is 4.50. The summed E-state index contributed by atoms with van der Waals surface area (Å²) in [5, 5.41) is 10.9. The number of likely N-dealkylation sites (tertiary alicyclic amines) is 1. The fourth-order valence-corrected chi connectivity index (χ4v) is 5.03. The molecule has 3 aliphatic rings. The highest BCUT2D eigenvalue weighted by Gasteiger charge is 2.56. The average Bonchev–Trinajstić information content (AvgIpc) is 2.57. The molecule has 2 unspecified atom stereocenters. The molecule has 1 fully saturated rings. The topological polar surface area (TPSA) is 59.0 Å². The first-order valence-electron chi connectivity index (χ1n) is 8.40. The maximum atomic E-state index is 12.6. The SMILES string of the molecule is COC1=C[C@@H]2C3Cc4ccc(OC)c(O)c4C2(CCN3C)CC1=O.Cl. The van der Waals surface area contributed by atoms with E-state index in [1.807, 2.05) is 18.2 Å². The molecular weight excluding hydrogens is 342 g/mol. The third kappa shape index (κ3) is 2.36. The summed E-state index contributed by atoms with van der Waals surface area (Å²) in [6.07, 6.45) is 4.08. The molecule has 1 saturated heterocycles. The van der Waals surface area contributed by atoms with Crippen LogP contribution in [0.1, 0.15) is 24.0 Å². The Morgan fingerprint density at radius 3 is 2.72 bits per heavy atom. The lowest BCUT2D eigenvalue weighted by molar-refractivity contribution is -0.122. The predicted octanol–water partition coefficient (Wildman–Crippen LogP) is 2.44. The van der Waals surface area contributed by atoms with Gasteiger partial charge in [0.05, 0.1) is 14.2 Å². The van der Waals surface area contributed by atoms with Crippen LogP contribution in [-0.2, 0) is 21.4 Å². The number of methoxy groups -OCH3 is 2. The van der Waals surface area contributed by atoms with E-state index in [0.29, 0.717) is 24.0 Å². The number of hydrogen-bond acceptors (Lipinski definition) is 5. The van der Waals surface area contributed by atoms with Gasteiger partial charge >= 0.3 is 0 Å². The van der Waals surface area contributed by atoms with Gasteiger partial charge in [-0.2, -0.15) is 0 Å². The molecule has 0 amide bonds. The summed E-state index contributed by atoms with van der Waals surface area (Å²) in [6, 6.07) is 4.18. The number of likely N-dealkylation sites (N-methyl/N-ethyl adjacent to an activating group) is 1. The van der Waals surface area contributed by atoms with Crippen molar-refractivity contribution in [2.24, 2.45) is 5.92 Å². The minimum Gasteiger partial charge on any atom is -0.504 e. The molecule has 1 N–H and O–H groups in total. The molecule has 4 rings (SSSR count). The Morgan fingerprint density at radius 1 is 1.28 bits per heavy atom. The Balaban J connectivity index is 0.00000182. The van der Waals surface area contributed by atoms with E-state index in [2.05, 4.69) is 11.9 Å². The van der Waals surface area contributed by atoms with Crippen molar-refractivity contribution < 1.29 is 19.4 Å². The Labute approximate surface area is 154 Å². The van der Waals surface area contributed by atoms with Crippen molar-refractivity contribution >= 4 is 18.2 Å². The summed E-state index contributed by atoms with van der Waals surface area (Å²) < 4.78 is 10.6. The van der Waals surface area contributed by atoms with Crippen LogP contribution in [-0.4, -0.2) is 49.6 Å². The molecule has 0 radical (unpaired) electrons. The average molecular weight is 366 g/mol. The van der Waals surface area contributed by atoms with E-state index in [1.165, 1.54) is 0 Å². The number of halogens is 1. The maximum absolute atomic E-state index is 12.6. The van der Waals surface area contributed by atoms with Crippen molar-refractivity contribution in [3.63, 3.8) is 0 Å². The van der Waals surface area contributed by atoms with Crippen LogP contribution in [0.5, 0.6) is 11.5 Å². The second kappa shape index (κ2) is 6.22. The van der Waals surface area contributed by atoms with Crippen LogP contribution in [0.15, 0.2) is 24.0 Å². The highest BCUT2D eigenvalue weighted by molar-refractivity contribution is 5.96. The number of Topliss-reactive ketones (excluding diaryl/α,β-unsaturated/α-hetero) is 1. The second-order valence-corrected chi connectivity index (χ2v) is 7.17. The molecule has 1 aromatic rings. The molecule has 1 heterocycles. The first kappa shape index (κ1) is 18.1. The molecule has 2 bridgehead atoms. The van der Waals surface area contributed by atoms with Gasteiger partial charge in [-0.15, -0.1) is 12.4 Å². The van der Waals surface area contributed by atoms with E-state index in [0.717, 1.165) is 30.5 Å². The fraction of sp³-hybridized carbons (Fsp3) is 0.526.